The average molecular weight is 482 g/mol. The lowest BCUT2D eigenvalue weighted by Gasteiger charge is -2.22. The molecular weight excluding hydrogens is 443 g/mol. The van der Waals surface area contributed by atoms with Crippen molar-refractivity contribution in [2.75, 3.05) is 32.8 Å². The number of nitrogens with one attached hydrogen (secondary N) is 3. The molecule has 0 radical (unpaired) electrons. The molecule has 0 aromatic rings. The summed E-state index contributed by atoms with van der Waals surface area (Å²) in [7, 11) is 0. The second-order valence-corrected chi connectivity index (χ2v) is 7.13. The largest absolute Gasteiger partial charge is 0.380 e. The summed E-state index contributed by atoms with van der Waals surface area (Å²) in [5.74, 6) is 1.55. The second kappa shape index (κ2) is 16.6. The van der Waals surface area contributed by atoms with Gasteiger partial charge in [0.2, 0.25) is 5.91 Å². The number of aliphatic imine (C=N–C) groups is 1. The van der Waals surface area contributed by atoms with E-state index in [-0.39, 0.29) is 29.9 Å². The molecule has 0 saturated heterocycles. The summed E-state index contributed by atoms with van der Waals surface area (Å²) in [5.41, 5.74) is 0. The lowest BCUT2D eigenvalue weighted by atomic mass is 9.95. The predicted molar refractivity (Wildman–Crippen MR) is 119 cm³/mol. The minimum atomic E-state index is 0. The zero-order valence-electron chi connectivity index (χ0n) is 16.8. The summed E-state index contributed by atoms with van der Waals surface area (Å²) >= 11 is 0. The Morgan fingerprint density at radius 1 is 1.15 bits per heavy atom. The van der Waals surface area contributed by atoms with Gasteiger partial charge in [-0.05, 0) is 32.1 Å². The van der Waals surface area contributed by atoms with E-state index in [1.807, 2.05) is 6.92 Å². The lowest BCUT2D eigenvalue weighted by Crippen LogP contribution is -2.41. The lowest BCUT2D eigenvalue weighted by molar-refractivity contribution is -0.121. The Bertz CT molecular complexity index is 386. The van der Waals surface area contributed by atoms with Crippen molar-refractivity contribution in [2.24, 2.45) is 10.9 Å². The molecule has 154 valence electrons. The van der Waals surface area contributed by atoms with Gasteiger partial charge in [0.05, 0.1) is 13.2 Å². The number of halogens is 1. The zero-order valence-corrected chi connectivity index (χ0v) is 19.1. The predicted octanol–water partition coefficient (Wildman–Crippen LogP) is 3.06. The Balaban J connectivity index is 0.00000625. The van der Waals surface area contributed by atoms with Gasteiger partial charge in [0.25, 0.3) is 0 Å². The van der Waals surface area contributed by atoms with Crippen LogP contribution in [0, 0.1) is 5.92 Å². The number of guanidine groups is 1. The minimum absolute atomic E-state index is 0. The molecule has 6 nitrogen and oxygen atoms in total. The van der Waals surface area contributed by atoms with Gasteiger partial charge < -0.3 is 20.7 Å². The van der Waals surface area contributed by atoms with E-state index in [4.69, 9.17) is 4.74 Å². The fraction of sp³-hybridized carbons (Fsp3) is 0.895. The highest BCUT2D eigenvalue weighted by molar-refractivity contribution is 14.0. The molecule has 3 N–H and O–H groups in total. The van der Waals surface area contributed by atoms with Crippen LogP contribution in [-0.2, 0) is 9.53 Å². The van der Waals surface area contributed by atoms with E-state index in [1.165, 1.54) is 19.3 Å². The van der Waals surface area contributed by atoms with Crippen LogP contribution in [0.5, 0.6) is 0 Å². The first-order valence-corrected chi connectivity index (χ1v) is 10.0. The molecule has 1 aliphatic carbocycles. The van der Waals surface area contributed by atoms with E-state index in [2.05, 4.69) is 34.8 Å². The van der Waals surface area contributed by atoms with Crippen molar-refractivity contribution in [3.8, 4) is 0 Å². The van der Waals surface area contributed by atoms with Crippen LogP contribution in [0.1, 0.15) is 65.7 Å². The van der Waals surface area contributed by atoms with Crippen LogP contribution in [0.25, 0.3) is 0 Å². The van der Waals surface area contributed by atoms with Gasteiger partial charge in [-0.3, -0.25) is 9.79 Å². The summed E-state index contributed by atoms with van der Waals surface area (Å²) < 4.78 is 5.57. The molecule has 1 fully saturated rings. The van der Waals surface area contributed by atoms with Crippen molar-refractivity contribution in [3.05, 3.63) is 0 Å². The first-order valence-electron chi connectivity index (χ1n) is 10.0. The Hall–Kier alpha value is -0.570. The Kier molecular flexibility index (Phi) is 16.2. The number of hydrogen-bond acceptors (Lipinski definition) is 3. The number of ether oxygens (including phenoxy) is 1. The summed E-state index contributed by atoms with van der Waals surface area (Å²) in [6, 6.07) is 0.381. The van der Waals surface area contributed by atoms with Crippen LogP contribution in [0.2, 0.25) is 0 Å². The van der Waals surface area contributed by atoms with E-state index in [9.17, 15) is 4.79 Å². The number of amides is 1. The van der Waals surface area contributed by atoms with Crippen LogP contribution in [-0.4, -0.2) is 50.8 Å². The molecule has 1 saturated carbocycles. The van der Waals surface area contributed by atoms with Crippen LogP contribution in [0.3, 0.4) is 0 Å². The molecule has 1 aliphatic rings. The third-order valence-electron chi connectivity index (χ3n) is 4.30. The van der Waals surface area contributed by atoms with E-state index in [0.29, 0.717) is 38.1 Å². The topological polar surface area (TPSA) is 74.8 Å². The minimum Gasteiger partial charge on any atom is -0.380 e. The van der Waals surface area contributed by atoms with Crippen molar-refractivity contribution in [1.29, 1.82) is 0 Å². The smallest absolute Gasteiger partial charge is 0.221 e. The van der Waals surface area contributed by atoms with Gasteiger partial charge in [-0.25, -0.2) is 0 Å². The monoisotopic (exact) mass is 482 g/mol. The maximum Gasteiger partial charge on any atom is 0.221 e. The molecule has 0 aliphatic heterocycles. The van der Waals surface area contributed by atoms with Gasteiger partial charge in [-0.2, -0.15) is 0 Å². The third kappa shape index (κ3) is 13.6. The number of hydrogen-bond donors (Lipinski definition) is 3. The molecule has 0 atom stereocenters. The van der Waals surface area contributed by atoms with Crippen molar-refractivity contribution in [1.82, 2.24) is 16.0 Å². The van der Waals surface area contributed by atoms with Crippen molar-refractivity contribution < 1.29 is 9.53 Å². The molecule has 1 rings (SSSR count). The Morgan fingerprint density at radius 3 is 2.54 bits per heavy atom. The highest BCUT2D eigenvalue weighted by atomic mass is 127. The van der Waals surface area contributed by atoms with Crippen molar-refractivity contribution in [2.45, 2.75) is 71.8 Å². The summed E-state index contributed by atoms with van der Waals surface area (Å²) in [6.07, 6.45) is 7.58. The SMILES string of the molecule is CCNC(=NCCOCCC(C)C)NCCC(=O)NC1CCCCC1.I. The molecule has 0 aromatic heterocycles. The van der Waals surface area contributed by atoms with E-state index in [0.717, 1.165) is 38.4 Å². The summed E-state index contributed by atoms with van der Waals surface area (Å²) in [4.78, 5) is 16.5. The van der Waals surface area contributed by atoms with Gasteiger partial charge in [0.15, 0.2) is 5.96 Å². The van der Waals surface area contributed by atoms with Crippen molar-refractivity contribution in [3.63, 3.8) is 0 Å². The Labute approximate surface area is 176 Å². The standard InChI is InChI=1S/C19H38N4O2.HI/c1-4-20-19(22-13-15-25-14-11-16(2)3)21-12-10-18(24)23-17-8-6-5-7-9-17;/h16-17H,4-15H2,1-3H3,(H,23,24)(H2,20,21,22);1H. The first kappa shape index (κ1) is 25.4. The van der Waals surface area contributed by atoms with E-state index >= 15 is 0 Å². The molecular formula is C19H39IN4O2. The van der Waals surface area contributed by atoms with Crippen LogP contribution in [0.15, 0.2) is 4.99 Å². The molecule has 0 unspecified atom stereocenters. The van der Waals surface area contributed by atoms with Gasteiger partial charge in [0, 0.05) is 32.2 Å². The number of rotatable bonds is 11. The molecule has 26 heavy (non-hydrogen) atoms. The molecule has 1 amide bonds. The maximum absolute atomic E-state index is 12.0. The van der Waals surface area contributed by atoms with Gasteiger partial charge in [-0.1, -0.05) is 33.1 Å². The second-order valence-electron chi connectivity index (χ2n) is 7.13. The molecule has 7 heteroatoms. The summed E-state index contributed by atoms with van der Waals surface area (Å²) in [5, 5.41) is 9.56. The normalized spacial score (nSPS) is 15.5. The fourth-order valence-electron chi connectivity index (χ4n) is 2.83. The summed E-state index contributed by atoms with van der Waals surface area (Å²) in [6.45, 7) is 9.86. The average Bonchev–Trinajstić information content (AvgIpc) is 2.58. The fourth-order valence-corrected chi connectivity index (χ4v) is 2.83. The first-order chi connectivity index (χ1) is 12.1. The van der Waals surface area contributed by atoms with E-state index in [1.54, 1.807) is 0 Å². The third-order valence-corrected chi connectivity index (χ3v) is 4.30. The molecule has 0 aromatic carbocycles. The van der Waals surface area contributed by atoms with Gasteiger partial charge >= 0.3 is 0 Å². The maximum atomic E-state index is 12.0. The highest BCUT2D eigenvalue weighted by Gasteiger charge is 2.15. The number of carbonyl (C=O) groups is 1. The van der Waals surface area contributed by atoms with Crippen LogP contribution >= 0.6 is 24.0 Å². The quantitative estimate of drug-likeness (QED) is 0.183. The molecule has 0 bridgehead atoms. The Morgan fingerprint density at radius 2 is 1.88 bits per heavy atom. The number of nitrogens with zero attached hydrogens (tertiary/aromatic N) is 1. The van der Waals surface area contributed by atoms with Crippen LogP contribution in [0.4, 0.5) is 0 Å². The highest BCUT2D eigenvalue weighted by Crippen LogP contribution is 2.17. The van der Waals surface area contributed by atoms with E-state index < -0.39 is 0 Å². The molecule has 0 heterocycles. The van der Waals surface area contributed by atoms with Gasteiger partial charge in [-0.15, -0.1) is 24.0 Å². The van der Waals surface area contributed by atoms with Crippen LogP contribution < -0.4 is 16.0 Å². The zero-order chi connectivity index (χ0) is 18.3. The number of carbonyl (C=O) groups excluding carboxylic acids is 1. The van der Waals surface area contributed by atoms with Crippen molar-refractivity contribution >= 4 is 35.8 Å². The molecule has 0 spiro atoms. The van der Waals surface area contributed by atoms with Gasteiger partial charge in [0.1, 0.15) is 0 Å².